The molecule has 3 aromatic rings. The fraction of sp³-hybridized carbons (Fsp3) is 0.0400. The lowest BCUT2D eigenvalue weighted by molar-refractivity contribution is -0.122. The molecule has 0 atom stereocenters. The number of anilines is 1. The first-order chi connectivity index (χ1) is 17.6. The van der Waals surface area contributed by atoms with Crippen molar-refractivity contribution in [2.24, 2.45) is 0 Å². The SMILES string of the molecule is O=C1NC(=S)N(c2cccc(Cl)c2Cl)C(=O)/C1=C/c1cc(Cl)c(OCc2ccc(C(=O)O)cc2)c(Cl)c1. The second-order valence-corrected chi connectivity index (χ2v) is 9.62. The van der Waals surface area contributed by atoms with Crippen molar-refractivity contribution in [2.45, 2.75) is 6.61 Å². The number of amides is 2. The molecule has 1 saturated heterocycles. The summed E-state index contributed by atoms with van der Waals surface area (Å²) in [6, 6.07) is 13.8. The molecule has 2 amide bonds. The summed E-state index contributed by atoms with van der Waals surface area (Å²) in [5.41, 5.74) is 1.19. The van der Waals surface area contributed by atoms with E-state index in [-0.39, 0.29) is 54.4 Å². The molecule has 4 rings (SSSR count). The zero-order chi connectivity index (χ0) is 26.9. The minimum Gasteiger partial charge on any atom is -0.486 e. The summed E-state index contributed by atoms with van der Waals surface area (Å²) >= 11 is 30.3. The van der Waals surface area contributed by atoms with Crippen LogP contribution in [0.15, 0.2) is 60.2 Å². The third-order valence-corrected chi connectivity index (χ3v) is 6.84. The molecular weight excluding hydrogens is 582 g/mol. The van der Waals surface area contributed by atoms with Gasteiger partial charge in [-0.15, -0.1) is 0 Å². The molecule has 0 spiro atoms. The number of carbonyl (C=O) groups excluding carboxylic acids is 2. The van der Waals surface area contributed by atoms with Crippen LogP contribution in [0.3, 0.4) is 0 Å². The lowest BCUT2D eigenvalue weighted by Gasteiger charge is -2.29. The number of halogens is 4. The second kappa shape index (κ2) is 11.1. The minimum absolute atomic E-state index is 0.0769. The molecule has 7 nitrogen and oxygen atoms in total. The van der Waals surface area contributed by atoms with Gasteiger partial charge in [0.25, 0.3) is 11.8 Å². The summed E-state index contributed by atoms with van der Waals surface area (Å²) in [4.78, 5) is 37.9. The minimum atomic E-state index is -1.03. The highest BCUT2D eigenvalue weighted by molar-refractivity contribution is 7.80. The van der Waals surface area contributed by atoms with Gasteiger partial charge in [0.2, 0.25) is 0 Å². The van der Waals surface area contributed by atoms with Crippen LogP contribution in [0, 0.1) is 0 Å². The number of carboxylic acids is 1. The van der Waals surface area contributed by atoms with Gasteiger partial charge in [0, 0.05) is 0 Å². The molecule has 0 unspecified atom stereocenters. The number of hydrogen-bond acceptors (Lipinski definition) is 5. The summed E-state index contributed by atoms with van der Waals surface area (Å²) < 4.78 is 5.72. The van der Waals surface area contributed by atoms with Gasteiger partial charge in [0.05, 0.1) is 31.3 Å². The molecule has 0 bridgehead atoms. The van der Waals surface area contributed by atoms with E-state index >= 15 is 0 Å². The topological polar surface area (TPSA) is 95.9 Å². The zero-order valence-corrected chi connectivity index (χ0v) is 22.3. The van der Waals surface area contributed by atoms with Crippen molar-refractivity contribution in [3.05, 3.63) is 97.0 Å². The normalized spacial score (nSPS) is 14.6. The van der Waals surface area contributed by atoms with E-state index < -0.39 is 17.8 Å². The predicted octanol–water partition coefficient (Wildman–Crippen LogP) is 6.41. The second-order valence-electron chi connectivity index (χ2n) is 7.64. The highest BCUT2D eigenvalue weighted by Gasteiger charge is 2.35. The third-order valence-electron chi connectivity index (χ3n) is 5.19. The van der Waals surface area contributed by atoms with Gasteiger partial charge in [-0.1, -0.05) is 64.6 Å². The van der Waals surface area contributed by atoms with E-state index in [1.807, 2.05) is 0 Å². The summed E-state index contributed by atoms with van der Waals surface area (Å²) in [5, 5.41) is 11.9. The maximum absolute atomic E-state index is 13.3. The molecule has 3 aromatic carbocycles. The summed E-state index contributed by atoms with van der Waals surface area (Å²) in [6.45, 7) is 0.0769. The fourth-order valence-corrected chi connectivity index (χ4v) is 4.67. The lowest BCUT2D eigenvalue weighted by atomic mass is 10.1. The third kappa shape index (κ3) is 5.74. The molecule has 12 heteroatoms. The van der Waals surface area contributed by atoms with Crippen LogP contribution >= 0.6 is 58.6 Å². The van der Waals surface area contributed by atoms with Gasteiger partial charge in [0.15, 0.2) is 10.9 Å². The summed E-state index contributed by atoms with van der Waals surface area (Å²) in [7, 11) is 0. The molecule has 2 N–H and O–H groups in total. The molecule has 0 aromatic heterocycles. The van der Waals surface area contributed by atoms with Crippen LogP contribution in [0.25, 0.3) is 6.08 Å². The van der Waals surface area contributed by atoms with Crippen molar-refractivity contribution in [2.75, 3.05) is 4.90 Å². The number of carbonyl (C=O) groups is 3. The smallest absolute Gasteiger partial charge is 0.335 e. The predicted molar refractivity (Wildman–Crippen MR) is 147 cm³/mol. The standard InChI is InChI=1S/C25H14Cl4N2O5S/c26-16-2-1-3-19(20(16)29)31-23(33)15(22(32)30-25(31)37)8-13-9-17(27)21(18(28)10-13)36-11-12-4-6-14(7-5-12)24(34)35/h1-10H,11H2,(H,34,35)(H,30,32,37)/b15-8+. The molecular formula is C25H14Cl4N2O5S. The number of benzene rings is 3. The molecule has 1 aliphatic heterocycles. The number of aromatic carboxylic acids is 1. The first-order valence-electron chi connectivity index (χ1n) is 10.4. The van der Waals surface area contributed by atoms with Crippen LogP contribution < -0.4 is 15.0 Å². The molecule has 0 radical (unpaired) electrons. The monoisotopic (exact) mass is 594 g/mol. The zero-order valence-electron chi connectivity index (χ0n) is 18.4. The van der Waals surface area contributed by atoms with Gasteiger partial charge in [-0.2, -0.15) is 0 Å². The van der Waals surface area contributed by atoms with Crippen molar-refractivity contribution in [3.63, 3.8) is 0 Å². The molecule has 0 saturated carbocycles. The fourth-order valence-electron chi connectivity index (χ4n) is 3.41. The van der Waals surface area contributed by atoms with E-state index in [1.54, 1.807) is 30.3 Å². The van der Waals surface area contributed by atoms with E-state index in [2.05, 4.69) is 5.32 Å². The summed E-state index contributed by atoms with van der Waals surface area (Å²) in [5.74, 6) is -2.27. The van der Waals surface area contributed by atoms with Crippen molar-refractivity contribution >= 4 is 93.3 Å². The lowest BCUT2D eigenvalue weighted by Crippen LogP contribution is -2.54. The highest BCUT2D eigenvalue weighted by Crippen LogP contribution is 2.37. The number of nitrogens with zero attached hydrogens (tertiary/aromatic N) is 1. The number of ether oxygens (including phenoxy) is 1. The maximum atomic E-state index is 13.3. The Morgan fingerprint density at radius 3 is 2.27 bits per heavy atom. The Morgan fingerprint density at radius 2 is 1.65 bits per heavy atom. The Hall–Kier alpha value is -3.14. The van der Waals surface area contributed by atoms with E-state index in [9.17, 15) is 14.4 Å². The van der Waals surface area contributed by atoms with Crippen LogP contribution in [0.2, 0.25) is 20.1 Å². The van der Waals surface area contributed by atoms with Crippen molar-refractivity contribution in [3.8, 4) is 5.75 Å². The number of carboxylic acid groups (broad SMARTS) is 1. The van der Waals surface area contributed by atoms with Crippen molar-refractivity contribution in [1.82, 2.24) is 5.32 Å². The highest BCUT2D eigenvalue weighted by atomic mass is 35.5. The van der Waals surface area contributed by atoms with E-state index in [0.717, 1.165) is 4.90 Å². The van der Waals surface area contributed by atoms with Crippen LogP contribution in [-0.2, 0) is 16.2 Å². The molecule has 1 fully saturated rings. The Bertz CT molecular complexity index is 1470. The summed E-state index contributed by atoms with van der Waals surface area (Å²) in [6.07, 6.45) is 1.32. The Balaban J connectivity index is 1.59. The van der Waals surface area contributed by atoms with Gasteiger partial charge >= 0.3 is 5.97 Å². The number of nitrogens with one attached hydrogen (secondary N) is 1. The largest absolute Gasteiger partial charge is 0.486 e. The first kappa shape index (κ1) is 26.9. The Kier molecular flexibility index (Phi) is 8.06. The van der Waals surface area contributed by atoms with E-state index in [4.69, 9.17) is 68.5 Å². The van der Waals surface area contributed by atoms with Crippen LogP contribution in [-0.4, -0.2) is 28.0 Å². The van der Waals surface area contributed by atoms with Crippen LogP contribution in [0.1, 0.15) is 21.5 Å². The quantitative estimate of drug-likeness (QED) is 0.194. The number of rotatable bonds is 6. The number of thiocarbonyl (C=S) groups is 1. The molecule has 37 heavy (non-hydrogen) atoms. The average Bonchev–Trinajstić information content (AvgIpc) is 2.84. The van der Waals surface area contributed by atoms with Gasteiger partial charge in [-0.25, -0.2) is 4.79 Å². The van der Waals surface area contributed by atoms with Crippen LogP contribution in [0.5, 0.6) is 5.75 Å². The van der Waals surface area contributed by atoms with Crippen molar-refractivity contribution in [1.29, 1.82) is 0 Å². The van der Waals surface area contributed by atoms with Gasteiger partial charge < -0.3 is 9.84 Å². The Morgan fingerprint density at radius 1 is 1.00 bits per heavy atom. The number of hydrogen-bond donors (Lipinski definition) is 2. The van der Waals surface area contributed by atoms with E-state index in [1.165, 1.54) is 30.3 Å². The average molecular weight is 596 g/mol. The van der Waals surface area contributed by atoms with Crippen molar-refractivity contribution < 1.29 is 24.2 Å². The van der Waals surface area contributed by atoms with Gasteiger partial charge in [-0.05, 0) is 65.8 Å². The van der Waals surface area contributed by atoms with Gasteiger partial charge in [0.1, 0.15) is 12.2 Å². The Labute approximate surface area is 236 Å². The van der Waals surface area contributed by atoms with E-state index in [0.29, 0.717) is 11.1 Å². The first-order valence-corrected chi connectivity index (χ1v) is 12.3. The molecule has 188 valence electrons. The maximum Gasteiger partial charge on any atom is 0.335 e. The van der Waals surface area contributed by atoms with Gasteiger partial charge in [-0.3, -0.25) is 19.8 Å². The molecule has 1 heterocycles. The molecule has 0 aliphatic carbocycles. The molecule has 1 aliphatic rings. The van der Waals surface area contributed by atoms with Crippen LogP contribution in [0.4, 0.5) is 5.69 Å².